The van der Waals surface area contributed by atoms with Crippen LogP contribution in [-0.2, 0) is 0 Å². The number of nitrogens with zero attached hydrogens (tertiary/aromatic N) is 5. The minimum Gasteiger partial charge on any atom is -0.333 e. The predicted octanol–water partition coefficient (Wildman–Crippen LogP) is 2.75. The van der Waals surface area contributed by atoms with Crippen molar-refractivity contribution in [2.75, 3.05) is 13.1 Å². The maximum absolute atomic E-state index is 12.8. The maximum Gasteiger partial charge on any atom is 0.317 e. The van der Waals surface area contributed by atoms with E-state index in [0.29, 0.717) is 5.92 Å². The second kappa shape index (κ2) is 7.85. The average molecular weight is 354 g/mol. The molecule has 0 unspecified atom stereocenters. The Balaban J connectivity index is 1.33. The van der Waals surface area contributed by atoms with Crippen LogP contribution in [0.1, 0.15) is 56.2 Å². The molecular formula is C19H26N6O. The summed E-state index contributed by atoms with van der Waals surface area (Å²) in [6.45, 7) is 1.55. The van der Waals surface area contributed by atoms with Crippen LogP contribution in [0.25, 0.3) is 0 Å². The number of carbonyl (C=O) groups excluding carboxylic acids is 1. The lowest BCUT2D eigenvalue weighted by Crippen LogP contribution is -2.50. The van der Waals surface area contributed by atoms with E-state index >= 15 is 0 Å². The molecule has 0 bridgehead atoms. The van der Waals surface area contributed by atoms with Crippen LogP contribution in [0.15, 0.2) is 37.1 Å². The molecule has 1 saturated carbocycles. The number of carbonyl (C=O) groups is 1. The van der Waals surface area contributed by atoms with E-state index in [1.165, 1.54) is 12.8 Å². The third kappa shape index (κ3) is 3.71. The molecule has 0 spiro atoms. The van der Waals surface area contributed by atoms with Gasteiger partial charge in [0, 0.05) is 43.3 Å². The first-order chi connectivity index (χ1) is 12.8. The van der Waals surface area contributed by atoms with Crippen LogP contribution in [0.2, 0.25) is 0 Å². The molecule has 0 aromatic carbocycles. The Labute approximate surface area is 153 Å². The summed E-state index contributed by atoms with van der Waals surface area (Å²) in [5.41, 5.74) is 1.09. The summed E-state index contributed by atoms with van der Waals surface area (Å²) in [6.07, 6.45) is 13.6. The van der Waals surface area contributed by atoms with Crippen LogP contribution in [0.4, 0.5) is 4.79 Å². The monoisotopic (exact) mass is 354 g/mol. The maximum atomic E-state index is 12.8. The van der Waals surface area contributed by atoms with Crippen molar-refractivity contribution in [2.24, 2.45) is 0 Å². The second-order valence-electron chi connectivity index (χ2n) is 7.29. The predicted molar refractivity (Wildman–Crippen MR) is 97.6 cm³/mol. The number of hydrogen-bond acceptors (Lipinski definition) is 4. The van der Waals surface area contributed by atoms with Gasteiger partial charge in [-0.15, -0.1) is 0 Å². The van der Waals surface area contributed by atoms with Gasteiger partial charge in [0.15, 0.2) is 0 Å². The summed E-state index contributed by atoms with van der Waals surface area (Å²) in [5.74, 6) is 0.425. The number of piperidine rings is 1. The van der Waals surface area contributed by atoms with Gasteiger partial charge < -0.3 is 10.2 Å². The van der Waals surface area contributed by atoms with Crippen LogP contribution >= 0.6 is 0 Å². The number of hydrogen-bond donors (Lipinski definition) is 1. The molecule has 4 rings (SSSR count). The van der Waals surface area contributed by atoms with Gasteiger partial charge in [0.05, 0.1) is 12.1 Å². The Hall–Kier alpha value is -2.44. The zero-order valence-corrected chi connectivity index (χ0v) is 15.0. The molecule has 2 fully saturated rings. The normalized spacial score (nSPS) is 24.4. The van der Waals surface area contributed by atoms with E-state index in [1.807, 2.05) is 34.1 Å². The van der Waals surface area contributed by atoms with Gasteiger partial charge in [0.1, 0.15) is 6.33 Å². The highest BCUT2D eigenvalue weighted by Crippen LogP contribution is 2.29. The van der Waals surface area contributed by atoms with Crippen LogP contribution < -0.4 is 5.32 Å². The number of urea groups is 1. The number of nitrogens with one attached hydrogen (secondary N) is 1. The van der Waals surface area contributed by atoms with Crippen molar-refractivity contribution in [1.82, 2.24) is 30.0 Å². The molecule has 1 aliphatic carbocycles. The van der Waals surface area contributed by atoms with E-state index < -0.39 is 0 Å². The highest BCUT2D eigenvalue weighted by Gasteiger charge is 2.31. The highest BCUT2D eigenvalue weighted by molar-refractivity contribution is 5.74. The topological polar surface area (TPSA) is 75.9 Å². The summed E-state index contributed by atoms with van der Waals surface area (Å²) in [5, 5.41) is 7.68. The SMILES string of the molecule is O=C(N[C@H]1CCCC[C@H]1n1cccn1)N1CCC(c2ccncn2)CC1. The van der Waals surface area contributed by atoms with Crippen molar-refractivity contribution < 1.29 is 4.79 Å². The van der Waals surface area contributed by atoms with E-state index in [4.69, 9.17) is 0 Å². The zero-order valence-electron chi connectivity index (χ0n) is 15.0. The third-order valence-electron chi connectivity index (χ3n) is 5.71. The molecule has 2 aromatic heterocycles. The molecule has 2 aliphatic rings. The van der Waals surface area contributed by atoms with Crippen LogP contribution in [0, 0.1) is 0 Å². The van der Waals surface area contributed by atoms with Crippen molar-refractivity contribution in [2.45, 2.75) is 56.5 Å². The van der Waals surface area contributed by atoms with Gasteiger partial charge in [0.25, 0.3) is 0 Å². The lowest BCUT2D eigenvalue weighted by molar-refractivity contribution is 0.164. The van der Waals surface area contributed by atoms with Gasteiger partial charge in [-0.25, -0.2) is 14.8 Å². The molecular weight excluding hydrogens is 328 g/mol. The third-order valence-corrected chi connectivity index (χ3v) is 5.71. The standard InChI is InChI=1S/C19H26N6O/c26-19(23-17-4-1-2-5-18(17)25-11-3-9-22-25)24-12-7-15(8-13-24)16-6-10-20-14-21-16/h3,6,9-11,14-15,17-18H,1-2,4-5,7-8,12-13H2,(H,23,26)/t17-,18+/m0/s1. The quantitative estimate of drug-likeness (QED) is 0.919. The van der Waals surface area contributed by atoms with E-state index in [2.05, 4.69) is 20.4 Å². The molecule has 2 amide bonds. The Morgan fingerprint density at radius 1 is 1.12 bits per heavy atom. The highest BCUT2D eigenvalue weighted by atomic mass is 16.2. The van der Waals surface area contributed by atoms with Crippen LogP contribution in [0.3, 0.4) is 0 Å². The summed E-state index contributed by atoms with van der Waals surface area (Å²) in [7, 11) is 0. The van der Waals surface area contributed by atoms with Crippen molar-refractivity contribution in [3.63, 3.8) is 0 Å². The van der Waals surface area contributed by atoms with Crippen LogP contribution in [-0.4, -0.2) is 49.8 Å². The minimum atomic E-state index is 0.0650. The molecule has 138 valence electrons. The van der Waals surface area contributed by atoms with Crippen LogP contribution in [0.5, 0.6) is 0 Å². The molecule has 1 aliphatic heterocycles. The zero-order chi connectivity index (χ0) is 17.8. The van der Waals surface area contributed by atoms with Crippen molar-refractivity contribution in [3.8, 4) is 0 Å². The number of amides is 2. The van der Waals surface area contributed by atoms with Crippen molar-refractivity contribution in [3.05, 3.63) is 42.7 Å². The fraction of sp³-hybridized carbons (Fsp3) is 0.579. The van der Waals surface area contributed by atoms with Gasteiger partial charge in [-0.3, -0.25) is 4.68 Å². The fourth-order valence-electron chi connectivity index (χ4n) is 4.24. The first-order valence-electron chi connectivity index (χ1n) is 9.62. The Morgan fingerprint density at radius 3 is 2.69 bits per heavy atom. The Morgan fingerprint density at radius 2 is 1.96 bits per heavy atom. The lowest BCUT2D eigenvalue weighted by atomic mass is 9.90. The first-order valence-corrected chi connectivity index (χ1v) is 9.62. The Bertz CT molecular complexity index is 696. The van der Waals surface area contributed by atoms with Gasteiger partial charge in [-0.1, -0.05) is 12.8 Å². The largest absolute Gasteiger partial charge is 0.333 e. The molecule has 0 radical (unpaired) electrons. The molecule has 7 heteroatoms. The van der Waals surface area contributed by atoms with E-state index in [-0.39, 0.29) is 18.1 Å². The number of aromatic nitrogens is 4. The smallest absolute Gasteiger partial charge is 0.317 e. The molecule has 2 atom stereocenters. The second-order valence-corrected chi connectivity index (χ2v) is 7.29. The molecule has 7 nitrogen and oxygen atoms in total. The minimum absolute atomic E-state index is 0.0650. The molecule has 3 heterocycles. The van der Waals surface area contributed by atoms with Gasteiger partial charge in [-0.2, -0.15) is 5.10 Å². The summed E-state index contributed by atoms with van der Waals surface area (Å²) >= 11 is 0. The molecule has 1 saturated heterocycles. The van der Waals surface area contributed by atoms with Crippen molar-refractivity contribution in [1.29, 1.82) is 0 Å². The lowest BCUT2D eigenvalue weighted by Gasteiger charge is -2.36. The summed E-state index contributed by atoms with van der Waals surface area (Å²) in [4.78, 5) is 23.1. The van der Waals surface area contributed by atoms with E-state index in [9.17, 15) is 4.79 Å². The Kier molecular flexibility index (Phi) is 5.13. The average Bonchev–Trinajstić information content (AvgIpc) is 3.24. The van der Waals surface area contributed by atoms with Gasteiger partial charge in [-0.05, 0) is 37.8 Å². The van der Waals surface area contributed by atoms with Gasteiger partial charge in [0.2, 0.25) is 0 Å². The fourth-order valence-corrected chi connectivity index (χ4v) is 4.24. The van der Waals surface area contributed by atoms with Crippen molar-refractivity contribution >= 4 is 6.03 Å². The molecule has 2 aromatic rings. The van der Waals surface area contributed by atoms with E-state index in [0.717, 1.165) is 44.5 Å². The van der Waals surface area contributed by atoms with E-state index in [1.54, 1.807) is 12.5 Å². The summed E-state index contributed by atoms with van der Waals surface area (Å²) < 4.78 is 2.01. The number of rotatable bonds is 3. The first kappa shape index (κ1) is 17.0. The molecule has 26 heavy (non-hydrogen) atoms. The number of likely N-dealkylation sites (tertiary alicyclic amines) is 1. The molecule has 1 N–H and O–H groups in total. The summed E-state index contributed by atoms with van der Waals surface area (Å²) in [6, 6.07) is 4.43. The van der Waals surface area contributed by atoms with Gasteiger partial charge >= 0.3 is 6.03 Å².